The Morgan fingerprint density at radius 3 is 2.69 bits per heavy atom. The SMILES string of the molecule is CCCCN(CC)C(=O)c1cccc(I)c1. The maximum absolute atomic E-state index is 12.2. The minimum Gasteiger partial charge on any atom is -0.339 e. The van der Waals surface area contributed by atoms with Crippen LogP contribution in [0.25, 0.3) is 0 Å². The topological polar surface area (TPSA) is 20.3 Å². The van der Waals surface area contributed by atoms with Gasteiger partial charge < -0.3 is 4.90 Å². The third kappa shape index (κ3) is 3.77. The average Bonchev–Trinajstić information content (AvgIpc) is 2.29. The van der Waals surface area contributed by atoms with E-state index < -0.39 is 0 Å². The summed E-state index contributed by atoms with van der Waals surface area (Å²) in [5.41, 5.74) is 0.796. The van der Waals surface area contributed by atoms with Crippen molar-refractivity contribution in [3.05, 3.63) is 33.4 Å². The molecule has 1 aromatic carbocycles. The van der Waals surface area contributed by atoms with E-state index in [9.17, 15) is 4.79 Å². The summed E-state index contributed by atoms with van der Waals surface area (Å²) in [5, 5.41) is 0. The molecule has 0 aliphatic heterocycles. The van der Waals surface area contributed by atoms with Gasteiger partial charge in [0.05, 0.1) is 0 Å². The highest BCUT2D eigenvalue weighted by Gasteiger charge is 2.13. The Bertz CT molecular complexity index is 352. The molecule has 0 fully saturated rings. The number of nitrogens with zero attached hydrogens (tertiary/aromatic N) is 1. The van der Waals surface area contributed by atoms with E-state index in [0.717, 1.165) is 35.1 Å². The van der Waals surface area contributed by atoms with Crippen molar-refractivity contribution in [1.29, 1.82) is 0 Å². The summed E-state index contributed by atoms with van der Waals surface area (Å²) in [7, 11) is 0. The molecule has 0 radical (unpaired) electrons. The van der Waals surface area contributed by atoms with Gasteiger partial charge in [0.25, 0.3) is 5.91 Å². The highest BCUT2D eigenvalue weighted by Crippen LogP contribution is 2.11. The van der Waals surface area contributed by atoms with Gasteiger partial charge in [-0.25, -0.2) is 0 Å². The Morgan fingerprint density at radius 1 is 1.38 bits per heavy atom. The Kier molecular flexibility index (Phi) is 5.80. The second-order valence-electron chi connectivity index (χ2n) is 3.75. The number of rotatable bonds is 5. The van der Waals surface area contributed by atoms with Gasteiger partial charge in [0.1, 0.15) is 0 Å². The maximum atomic E-state index is 12.2. The second-order valence-corrected chi connectivity index (χ2v) is 4.99. The van der Waals surface area contributed by atoms with Gasteiger partial charge in [-0.2, -0.15) is 0 Å². The summed E-state index contributed by atoms with van der Waals surface area (Å²) in [6, 6.07) is 7.76. The quantitative estimate of drug-likeness (QED) is 0.756. The predicted octanol–water partition coefficient (Wildman–Crippen LogP) is 3.55. The highest BCUT2D eigenvalue weighted by molar-refractivity contribution is 14.1. The highest BCUT2D eigenvalue weighted by atomic mass is 127. The molecule has 0 heterocycles. The van der Waals surface area contributed by atoms with Gasteiger partial charge in [-0.05, 0) is 54.1 Å². The lowest BCUT2D eigenvalue weighted by molar-refractivity contribution is 0.0762. The first-order valence-electron chi connectivity index (χ1n) is 5.73. The van der Waals surface area contributed by atoms with Gasteiger partial charge in [-0.1, -0.05) is 19.4 Å². The molecular weight excluding hydrogens is 313 g/mol. The van der Waals surface area contributed by atoms with Crippen LogP contribution in [0.2, 0.25) is 0 Å². The number of benzene rings is 1. The van der Waals surface area contributed by atoms with Crippen LogP contribution >= 0.6 is 22.6 Å². The predicted molar refractivity (Wildman–Crippen MR) is 75.6 cm³/mol. The Balaban J connectivity index is 2.74. The maximum Gasteiger partial charge on any atom is 0.253 e. The van der Waals surface area contributed by atoms with Crippen LogP contribution in [0.15, 0.2) is 24.3 Å². The van der Waals surface area contributed by atoms with E-state index in [1.165, 1.54) is 0 Å². The number of halogens is 1. The molecule has 88 valence electrons. The van der Waals surface area contributed by atoms with Gasteiger partial charge in [-0.15, -0.1) is 0 Å². The fourth-order valence-corrected chi connectivity index (χ4v) is 2.10. The van der Waals surface area contributed by atoms with E-state index in [2.05, 4.69) is 29.5 Å². The minimum absolute atomic E-state index is 0.148. The summed E-state index contributed by atoms with van der Waals surface area (Å²) < 4.78 is 1.11. The lowest BCUT2D eigenvalue weighted by Gasteiger charge is -2.20. The van der Waals surface area contributed by atoms with Crippen LogP contribution in [-0.4, -0.2) is 23.9 Å². The monoisotopic (exact) mass is 331 g/mol. The minimum atomic E-state index is 0.148. The Morgan fingerprint density at radius 2 is 2.12 bits per heavy atom. The van der Waals surface area contributed by atoms with Crippen LogP contribution in [0.1, 0.15) is 37.0 Å². The van der Waals surface area contributed by atoms with E-state index in [-0.39, 0.29) is 5.91 Å². The molecule has 2 nitrogen and oxygen atoms in total. The van der Waals surface area contributed by atoms with Crippen LogP contribution in [0.3, 0.4) is 0 Å². The fraction of sp³-hybridized carbons (Fsp3) is 0.462. The molecule has 0 N–H and O–H groups in total. The second kappa shape index (κ2) is 6.89. The average molecular weight is 331 g/mol. The lowest BCUT2D eigenvalue weighted by Crippen LogP contribution is -2.31. The molecule has 0 saturated carbocycles. The molecule has 0 aliphatic rings. The van der Waals surface area contributed by atoms with Crippen LogP contribution < -0.4 is 0 Å². The van der Waals surface area contributed by atoms with Crippen molar-refractivity contribution < 1.29 is 4.79 Å². The molecule has 0 aromatic heterocycles. The van der Waals surface area contributed by atoms with Crippen molar-refractivity contribution in [3.8, 4) is 0 Å². The van der Waals surface area contributed by atoms with Crippen molar-refractivity contribution in [1.82, 2.24) is 4.90 Å². The van der Waals surface area contributed by atoms with Crippen molar-refractivity contribution in [3.63, 3.8) is 0 Å². The zero-order valence-electron chi connectivity index (χ0n) is 9.87. The summed E-state index contributed by atoms with van der Waals surface area (Å²) in [6.07, 6.45) is 2.19. The third-order valence-electron chi connectivity index (χ3n) is 2.52. The number of amides is 1. The summed E-state index contributed by atoms with van der Waals surface area (Å²) in [5.74, 6) is 0.148. The third-order valence-corrected chi connectivity index (χ3v) is 3.19. The summed E-state index contributed by atoms with van der Waals surface area (Å²) >= 11 is 2.23. The van der Waals surface area contributed by atoms with E-state index in [0.29, 0.717) is 0 Å². The van der Waals surface area contributed by atoms with Crippen molar-refractivity contribution in [2.75, 3.05) is 13.1 Å². The summed E-state index contributed by atoms with van der Waals surface area (Å²) in [4.78, 5) is 14.1. The Labute approximate surface area is 111 Å². The van der Waals surface area contributed by atoms with Gasteiger partial charge in [0.2, 0.25) is 0 Å². The number of unbranched alkanes of at least 4 members (excludes halogenated alkanes) is 1. The molecule has 1 amide bonds. The lowest BCUT2D eigenvalue weighted by atomic mass is 10.2. The first kappa shape index (κ1) is 13.5. The normalized spacial score (nSPS) is 10.2. The summed E-state index contributed by atoms with van der Waals surface area (Å²) in [6.45, 7) is 5.81. The first-order valence-corrected chi connectivity index (χ1v) is 6.81. The van der Waals surface area contributed by atoms with Crippen LogP contribution in [-0.2, 0) is 0 Å². The van der Waals surface area contributed by atoms with Crippen LogP contribution in [0.5, 0.6) is 0 Å². The molecule has 3 heteroatoms. The number of carbonyl (C=O) groups is 1. The zero-order chi connectivity index (χ0) is 12.0. The standard InChI is InChI=1S/C13H18INO/c1-3-5-9-15(4-2)13(16)11-7-6-8-12(14)10-11/h6-8,10H,3-5,9H2,1-2H3. The van der Waals surface area contributed by atoms with Gasteiger partial charge in [0.15, 0.2) is 0 Å². The molecule has 0 unspecified atom stereocenters. The largest absolute Gasteiger partial charge is 0.339 e. The number of hydrogen-bond acceptors (Lipinski definition) is 1. The first-order chi connectivity index (χ1) is 7.69. The molecule has 0 bridgehead atoms. The molecule has 0 saturated heterocycles. The number of carbonyl (C=O) groups excluding carboxylic acids is 1. The molecule has 1 aromatic rings. The van der Waals surface area contributed by atoms with E-state index in [1.54, 1.807) is 0 Å². The van der Waals surface area contributed by atoms with Gasteiger partial charge >= 0.3 is 0 Å². The Hall–Kier alpha value is -0.580. The molecular formula is C13H18INO. The van der Waals surface area contributed by atoms with Crippen molar-refractivity contribution in [2.24, 2.45) is 0 Å². The van der Waals surface area contributed by atoms with Crippen molar-refractivity contribution >= 4 is 28.5 Å². The fourth-order valence-electron chi connectivity index (χ4n) is 1.56. The molecule has 0 atom stereocenters. The van der Waals surface area contributed by atoms with E-state index >= 15 is 0 Å². The van der Waals surface area contributed by atoms with Gasteiger partial charge in [-0.3, -0.25) is 4.79 Å². The van der Waals surface area contributed by atoms with Crippen LogP contribution in [0.4, 0.5) is 0 Å². The smallest absolute Gasteiger partial charge is 0.253 e. The molecule has 0 spiro atoms. The van der Waals surface area contributed by atoms with Gasteiger partial charge in [0, 0.05) is 22.2 Å². The number of hydrogen-bond donors (Lipinski definition) is 0. The molecule has 0 aliphatic carbocycles. The van der Waals surface area contributed by atoms with E-state index in [4.69, 9.17) is 0 Å². The van der Waals surface area contributed by atoms with Crippen molar-refractivity contribution in [2.45, 2.75) is 26.7 Å². The molecule has 1 rings (SSSR count). The molecule has 16 heavy (non-hydrogen) atoms. The zero-order valence-corrected chi connectivity index (χ0v) is 12.0. The van der Waals surface area contributed by atoms with Crippen LogP contribution in [0, 0.1) is 3.57 Å². The van der Waals surface area contributed by atoms with E-state index in [1.807, 2.05) is 36.1 Å².